The van der Waals surface area contributed by atoms with E-state index in [9.17, 15) is 13.2 Å². The molecule has 1 aromatic carbocycles. The van der Waals surface area contributed by atoms with Crippen LogP contribution in [0.5, 0.6) is 11.5 Å². The Morgan fingerprint density at radius 3 is 2.61 bits per heavy atom. The largest absolute Gasteiger partial charge is 0.497 e. The first kappa shape index (κ1) is 20.3. The topological polar surface area (TPSA) is 44.2 Å². The lowest BCUT2D eigenvalue weighted by molar-refractivity contribution is -0.153. The second-order valence-corrected chi connectivity index (χ2v) is 7.24. The summed E-state index contributed by atoms with van der Waals surface area (Å²) >= 11 is 1.55. The van der Waals surface area contributed by atoms with Gasteiger partial charge >= 0.3 is 6.18 Å². The number of ether oxygens (including phenoxy) is 2. The van der Waals surface area contributed by atoms with Gasteiger partial charge in [-0.3, -0.25) is 9.97 Å². The van der Waals surface area contributed by atoms with Gasteiger partial charge in [0.2, 0.25) is 0 Å². The van der Waals surface area contributed by atoms with E-state index in [1.165, 1.54) is 12.3 Å². The number of alkyl halides is 3. The molecule has 0 amide bonds. The maximum atomic E-state index is 12.4. The Kier molecular flexibility index (Phi) is 5.98. The molecule has 2 aromatic heterocycles. The van der Waals surface area contributed by atoms with Crippen LogP contribution in [0.15, 0.2) is 41.4 Å². The van der Waals surface area contributed by atoms with Gasteiger partial charge < -0.3 is 9.47 Å². The van der Waals surface area contributed by atoms with Gasteiger partial charge in [-0.15, -0.1) is 11.8 Å². The first-order valence-electron chi connectivity index (χ1n) is 8.49. The van der Waals surface area contributed by atoms with E-state index in [1.54, 1.807) is 25.8 Å². The van der Waals surface area contributed by atoms with Crippen molar-refractivity contribution in [3.63, 3.8) is 0 Å². The Bertz CT molecular complexity index is 993. The molecule has 0 saturated carbocycles. The third kappa shape index (κ3) is 4.86. The van der Waals surface area contributed by atoms with Crippen molar-refractivity contribution in [1.82, 2.24) is 9.97 Å². The molecule has 0 fully saturated rings. The standard InChI is InChI=1S/C20H19F3N2O2S/c1-12-8-19(15-9-14(26-3)4-5-16(15)25-12)28-10-17-13(2)18(6-7-24-17)27-11-20(21,22)23/h4-9H,10-11H2,1-3H3. The van der Waals surface area contributed by atoms with Crippen molar-refractivity contribution in [2.45, 2.75) is 30.7 Å². The van der Waals surface area contributed by atoms with Crippen LogP contribution >= 0.6 is 11.8 Å². The van der Waals surface area contributed by atoms with Crippen LogP contribution in [-0.2, 0) is 5.75 Å². The lowest BCUT2D eigenvalue weighted by Gasteiger charge is -2.14. The van der Waals surface area contributed by atoms with Crippen LogP contribution in [0.1, 0.15) is 17.0 Å². The first-order chi connectivity index (χ1) is 13.3. The van der Waals surface area contributed by atoms with E-state index in [0.717, 1.165) is 27.2 Å². The molecule has 3 aromatic rings. The average molecular weight is 408 g/mol. The number of methoxy groups -OCH3 is 1. The number of hydrogen-bond acceptors (Lipinski definition) is 5. The van der Waals surface area contributed by atoms with Gasteiger partial charge in [0.05, 0.1) is 18.3 Å². The summed E-state index contributed by atoms with van der Waals surface area (Å²) in [7, 11) is 1.61. The number of aromatic nitrogens is 2. The molecular weight excluding hydrogens is 389 g/mol. The zero-order valence-corrected chi connectivity index (χ0v) is 16.4. The highest BCUT2D eigenvalue weighted by Crippen LogP contribution is 2.34. The second-order valence-electron chi connectivity index (χ2n) is 6.22. The summed E-state index contributed by atoms with van der Waals surface area (Å²) in [5, 5.41) is 0.956. The van der Waals surface area contributed by atoms with Crippen molar-refractivity contribution in [3.05, 3.63) is 53.5 Å². The summed E-state index contributed by atoms with van der Waals surface area (Å²) in [5.74, 6) is 1.42. The van der Waals surface area contributed by atoms with Crippen molar-refractivity contribution in [2.24, 2.45) is 0 Å². The fourth-order valence-corrected chi connectivity index (χ4v) is 3.87. The number of benzene rings is 1. The molecule has 0 atom stereocenters. The van der Waals surface area contributed by atoms with Gasteiger partial charge in [-0.1, -0.05) is 0 Å². The zero-order chi connectivity index (χ0) is 20.3. The second kappa shape index (κ2) is 8.26. The molecule has 0 unspecified atom stereocenters. The number of hydrogen-bond donors (Lipinski definition) is 0. The molecule has 0 aliphatic carbocycles. The molecule has 2 heterocycles. The Morgan fingerprint density at radius 1 is 1.11 bits per heavy atom. The number of halogens is 3. The van der Waals surface area contributed by atoms with Crippen LogP contribution in [0.3, 0.4) is 0 Å². The van der Waals surface area contributed by atoms with E-state index in [-0.39, 0.29) is 5.75 Å². The van der Waals surface area contributed by atoms with E-state index < -0.39 is 12.8 Å². The van der Waals surface area contributed by atoms with Crippen LogP contribution < -0.4 is 9.47 Å². The minimum absolute atomic E-state index is 0.195. The molecule has 0 spiro atoms. The minimum Gasteiger partial charge on any atom is -0.497 e. The van der Waals surface area contributed by atoms with E-state index in [4.69, 9.17) is 9.47 Å². The molecule has 3 rings (SSSR count). The Hall–Kier alpha value is -2.48. The highest BCUT2D eigenvalue weighted by molar-refractivity contribution is 7.98. The fraction of sp³-hybridized carbons (Fsp3) is 0.300. The summed E-state index contributed by atoms with van der Waals surface area (Å²) < 4.78 is 47.5. The highest BCUT2D eigenvalue weighted by atomic mass is 32.2. The number of rotatable bonds is 6. The van der Waals surface area contributed by atoms with Crippen LogP contribution in [0.2, 0.25) is 0 Å². The van der Waals surface area contributed by atoms with Gasteiger partial charge in [-0.05, 0) is 44.2 Å². The van der Waals surface area contributed by atoms with Crippen LogP contribution in [0.4, 0.5) is 13.2 Å². The van der Waals surface area contributed by atoms with Gasteiger partial charge in [0.1, 0.15) is 11.5 Å². The molecule has 0 aliphatic rings. The Balaban J connectivity index is 1.84. The molecule has 0 bridgehead atoms. The summed E-state index contributed by atoms with van der Waals surface area (Å²) in [6, 6.07) is 9.11. The number of nitrogens with zero attached hydrogens (tertiary/aromatic N) is 2. The maximum absolute atomic E-state index is 12.4. The third-order valence-electron chi connectivity index (χ3n) is 4.12. The molecule has 0 aliphatic heterocycles. The molecule has 28 heavy (non-hydrogen) atoms. The first-order valence-corrected chi connectivity index (χ1v) is 9.47. The maximum Gasteiger partial charge on any atom is 0.422 e. The summed E-state index contributed by atoms with van der Waals surface area (Å²) in [6.45, 7) is 2.31. The van der Waals surface area contributed by atoms with E-state index in [2.05, 4.69) is 9.97 Å². The number of fused-ring (bicyclic) bond motifs is 1. The Labute approximate surface area is 165 Å². The van der Waals surface area contributed by atoms with Crippen LogP contribution in [0, 0.1) is 13.8 Å². The number of pyridine rings is 2. The zero-order valence-electron chi connectivity index (χ0n) is 15.6. The molecular formula is C20H19F3N2O2S. The normalized spacial score (nSPS) is 11.6. The van der Waals surface area contributed by atoms with Crippen molar-refractivity contribution < 1.29 is 22.6 Å². The summed E-state index contributed by atoms with van der Waals surface area (Å²) in [6.07, 6.45) is -2.91. The number of thioether (sulfide) groups is 1. The minimum atomic E-state index is -4.38. The average Bonchev–Trinajstić information content (AvgIpc) is 2.65. The van der Waals surface area contributed by atoms with Crippen molar-refractivity contribution >= 4 is 22.7 Å². The lowest BCUT2D eigenvalue weighted by atomic mass is 10.2. The molecule has 0 N–H and O–H groups in total. The molecule has 0 saturated heterocycles. The van der Waals surface area contributed by atoms with Crippen molar-refractivity contribution in [1.29, 1.82) is 0 Å². The fourth-order valence-electron chi connectivity index (χ4n) is 2.71. The van der Waals surface area contributed by atoms with Crippen molar-refractivity contribution in [2.75, 3.05) is 13.7 Å². The van der Waals surface area contributed by atoms with Gasteiger partial charge in [0.15, 0.2) is 6.61 Å². The molecule has 148 valence electrons. The van der Waals surface area contributed by atoms with Crippen molar-refractivity contribution in [3.8, 4) is 11.5 Å². The predicted octanol–water partition coefficient (Wildman–Crippen LogP) is 5.49. The van der Waals surface area contributed by atoms with Gasteiger partial charge in [-0.25, -0.2) is 0 Å². The van der Waals surface area contributed by atoms with Gasteiger partial charge in [0.25, 0.3) is 0 Å². The van der Waals surface area contributed by atoms with Gasteiger partial charge in [0, 0.05) is 33.5 Å². The van der Waals surface area contributed by atoms with E-state index in [0.29, 0.717) is 17.0 Å². The summed E-state index contributed by atoms with van der Waals surface area (Å²) in [4.78, 5) is 9.85. The SMILES string of the molecule is COc1ccc2nc(C)cc(SCc3nccc(OCC(F)(F)F)c3C)c2c1. The Morgan fingerprint density at radius 2 is 1.89 bits per heavy atom. The quantitative estimate of drug-likeness (QED) is 0.505. The monoisotopic (exact) mass is 408 g/mol. The molecule has 0 radical (unpaired) electrons. The van der Waals surface area contributed by atoms with Crippen LogP contribution in [0.25, 0.3) is 10.9 Å². The smallest absolute Gasteiger partial charge is 0.422 e. The lowest BCUT2D eigenvalue weighted by Crippen LogP contribution is -2.19. The third-order valence-corrected chi connectivity index (χ3v) is 5.19. The highest BCUT2D eigenvalue weighted by Gasteiger charge is 2.28. The van der Waals surface area contributed by atoms with Crippen LogP contribution in [-0.4, -0.2) is 29.9 Å². The number of aryl methyl sites for hydroxylation is 1. The predicted molar refractivity (Wildman–Crippen MR) is 103 cm³/mol. The van der Waals surface area contributed by atoms with E-state index >= 15 is 0 Å². The van der Waals surface area contributed by atoms with E-state index in [1.807, 2.05) is 31.2 Å². The molecule has 4 nitrogen and oxygen atoms in total. The van der Waals surface area contributed by atoms with Gasteiger partial charge in [-0.2, -0.15) is 13.2 Å². The summed E-state index contributed by atoms with van der Waals surface area (Å²) in [5.41, 5.74) is 3.02. The molecule has 8 heteroatoms.